The monoisotopic (exact) mass is 312 g/mol. The summed E-state index contributed by atoms with van der Waals surface area (Å²) < 4.78 is 5.40. The van der Waals surface area contributed by atoms with Crippen molar-refractivity contribution in [1.29, 1.82) is 0 Å². The molecule has 0 heterocycles. The third kappa shape index (κ3) is 4.78. The quantitative estimate of drug-likeness (QED) is 0.543. The second kappa shape index (κ2) is 8.44. The number of carbonyl (C=O) groups is 1. The highest BCUT2D eigenvalue weighted by Gasteiger charge is 2.19. The summed E-state index contributed by atoms with van der Waals surface area (Å²) in [6, 6.07) is 19.4. The van der Waals surface area contributed by atoms with Gasteiger partial charge in [-0.3, -0.25) is 4.79 Å². The van der Waals surface area contributed by atoms with Gasteiger partial charge in [0, 0.05) is 18.4 Å². The lowest BCUT2D eigenvalue weighted by atomic mass is 9.89. The van der Waals surface area contributed by atoms with E-state index in [0.29, 0.717) is 24.5 Å². The fourth-order valence-corrected chi connectivity index (χ4v) is 2.74. The molecule has 2 aromatic carbocycles. The molecule has 0 fully saturated rings. The third-order valence-corrected chi connectivity index (χ3v) is 3.80. The Bertz CT molecular complexity index is 608. The highest BCUT2D eigenvalue weighted by molar-refractivity contribution is 7.80. The van der Waals surface area contributed by atoms with E-state index in [9.17, 15) is 4.79 Å². The maximum atomic E-state index is 12.5. The van der Waals surface area contributed by atoms with E-state index in [1.54, 1.807) is 0 Å². The van der Waals surface area contributed by atoms with Crippen molar-refractivity contribution >= 4 is 23.1 Å². The number of benzene rings is 2. The molecule has 0 aliphatic carbocycles. The smallest absolute Gasteiger partial charge is 0.163 e. The van der Waals surface area contributed by atoms with Gasteiger partial charge in [0.1, 0.15) is 0 Å². The van der Waals surface area contributed by atoms with Crippen LogP contribution in [0.5, 0.6) is 0 Å². The number of thiocarbonyl (C=S) groups is 1. The van der Waals surface area contributed by atoms with Gasteiger partial charge in [-0.15, -0.1) is 0 Å². The average Bonchev–Trinajstić information content (AvgIpc) is 2.56. The van der Waals surface area contributed by atoms with Crippen molar-refractivity contribution in [3.63, 3.8) is 0 Å². The second-order valence-corrected chi connectivity index (χ2v) is 5.57. The van der Waals surface area contributed by atoms with Crippen LogP contribution in [0.4, 0.5) is 0 Å². The Labute approximate surface area is 137 Å². The zero-order valence-corrected chi connectivity index (χ0v) is 13.5. The summed E-state index contributed by atoms with van der Waals surface area (Å²) in [5.74, 6) is 0.182. The minimum Gasteiger partial charge on any atom is -0.487 e. The lowest BCUT2D eigenvalue weighted by Crippen LogP contribution is -2.13. The number of carbonyl (C=O) groups excluding carboxylic acids is 1. The van der Waals surface area contributed by atoms with Crippen LogP contribution in [0.3, 0.4) is 0 Å². The van der Waals surface area contributed by atoms with E-state index in [-0.39, 0.29) is 11.7 Å². The molecule has 114 valence electrons. The largest absolute Gasteiger partial charge is 0.487 e. The molecule has 0 amide bonds. The molecule has 2 nitrogen and oxygen atoms in total. The van der Waals surface area contributed by atoms with Gasteiger partial charge in [-0.25, -0.2) is 0 Å². The van der Waals surface area contributed by atoms with Crippen LogP contribution in [0.15, 0.2) is 60.7 Å². The summed E-state index contributed by atoms with van der Waals surface area (Å²) in [5, 5.41) is 0.567. The first-order chi connectivity index (χ1) is 10.7. The lowest BCUT2D eigenvalue weighted by Gasteiger charge is -2.17. The van der Waals surface area contributed by atoms with Crippen LogP contribution in [-0.2, 0) is 4.74 Å². The van der Waals surface area contributed by atoms with Crippen LogP contribution in [0, 0.1) is 0 Å². The normalized spacial score (nSPS) is 11.7. The third-order valence-electron chi connectivity index (χ3n) is 3.52. The van der Waals surface area contributed by atoms with Crippen molar-refractivity contribution in [2.24, 2.45) is 0 Å². The molecule has 1 atom stereocenters. The Hall–Kier alpha value is -2.00. The van der Waals surface area contributed by atoms with E-state index < -0.39 is 0 Å². The molecule has 0 N–H and O–H groups in total. The van der Waals surface area contributed by atoms with Crippen molar-refractivity contribution in [1.82, 2.24) is 0 Å². The SMILES string of the molecule is CCOC(=S)CC(CC(=O)c1ccccc1)c1ccccc1. The molecule has 0 saturated carbocycles. The summed E-state index contributed by atoms with van der Waals surface area (Å²) in [6.07, 6.45) is 1.02. The van der Waals surface area contributed by atoms with E-state index in [2.05, 4.69) is 0 Å². The Kier molecular flexibility index (Phi) is 6.28. The molecule has 0 aromatic heterocycles. The van der Waals surface area contributed by atoms with Gasteiger partial charge in [0.2, 0.25) is 0 Å². The molecular formula is C19H20O2S. The lowest BCUT2D eigenvalue weighted by molar-refractivity contribution is 0.0974. The number of hydrogen-bond donors (Lipinski definition) is 0. The molecule has 22 heavy (non-hydrogen) atoms. The van der Waals surface area contributed by atoms with E-state index in [1.807, 2.05) is 67.6 Å². The molecule has 2 rings (SSSR count). The summed E-state index contributed by atoms with van der Waals surface area (Å²) in [4.78, 5) is 12.5. The molecule has 0 bridgehead atoms. The van der Waals surface area contributed by atoms with E-state index in [4.69, 9.17) is 17.0 Å². The number of ketones is 1. The summed E-state index contributed by atoms with van der Waals surface area (Å²) in [7, 11) is 0. The zero-order valence-electron chi connectivity index (χ0n) is 12.7. The topological polar surface area (TPSA) is 26.3 Å². The summed E-state index contributed by atoms with van der Waals surface area (Å²) in [6.45, 7) is 2.48. The maximum Gasteiger partial charge on any atom is 0.163 e. The summed E-state index contributed by atoms with van der Waals surface area (Å²) in [5.41, 5.74) is 1.86. The molecule has 0 radical (unpaired) electrons. The summed E-state index contributed by atoms with van der Waals surface area (Å²) >= 11 is 5.27. The number of hydrogen-bond acceptors (Lipinski definition) is 3. The predicted molar refractivity (Wildman–Crippen MR) is 93.4 cm³/mol. The molecule has 0 aliphatic rings. The van der Waals surface area contributed by atoms with Gasteiger partial charge in [0.05, 0.1) is 6.61 Å². The van der Waals surface area contributed by atoms with Gasteiger partial charge in [-0.1, -0.05) is 60.7 Å². The van der Waals surface area contributed by atoms with Gasteiger partial charge < -0.3 is 4.74 Å². The Morgan fingerprint density at radius 2 is 1.59 bits per heavy atom. The van der Waals surface area contributed by atoms with Crippen molar-refractivity contribution in [2.45, 2.75) is 25.7 Å². The Balaban J connectivity index is 2.14. The van der Waals surface area contributed by atoms with Gasteiger partial charge in [-0.05, 0) is 30.6 Å². The van der Waals surface area contributed by atoms with E-state index >= 15 is 0 Å². The Morgan fingerprint density at radius 1 is 1.00 bits per heavy atom. The van der Waals surface area contributed by atoms with Gasteiger partial charge in [0.25, 0.3) is 0 Å². The van der Waals surface area contributed by atoms with Crippen molar-refractivity contribution in [3.05, 3.63) is 71.8 Å². The first-order valence-corrected chi connectivity index (χ1v) is 7.90. The van der Waals surface area contributed by atoms with Crippen LogP contribution in [0.25, 0.3) is 0 Å². The highest BCUT2D eigenvalue weighted by atomic mass is 32.1. The molecule has 0 aliphatic heterocycles. The van der Waals surface area contributed by atoms with Crippen molar-refractivity contribution in [2.75, 3.05) is 6.61 Å². The van der Waals surface area contributed by atoms with Gasteiger partial charge >= 0.3 is 0 Å². The number of Topliss-reactive ketones (excluding diaryl/α,β-unsaturated/α-hetero) is 1. The first-order valence-electron chi connectivity index (χ1n) is 7.49. The molecule has 0 spiro atoms. The minimum absolute atomic E-state index is 0.0490. The van der Waals surface area contributed by atoms with E-state index in [0.717, 1.165) is 11.1 Å². The second-order valence-electron chi connectivity index (χ2n) is 5.11. The molecule has 3 heteroatoms. The van der Waals surface area contributed by atoms with Crippen molar-refractivity contribution in [3.8, 4) is 0 Å². The van der Waals surface area contributed by atoms with Crippen LogP contribution < -0.4 is 0 Å². The molecule has 0 saturated heterocycles. The molecule has 2 aromatic rings. The Morgan fingerprint density at radius 3 is 2.18 bits per heavy atom. The number of rotatable bonds is 7. The molecular weight excluding hydrogens is 292 g/mol. The van der Waals surface area contributed by atoms with Crippen LogP contribution >= 0.6 is 12.2 Å². The van der Waals surface area contributed by atoms with E-state index in [1.165, 1.54) is 0 Å². The van der Waals surface area contributed by atoms with Gasteiger partial charge in [-0.2, -0.15) is 0 Å². The fraction of sp³-hybridized carbons (Fsp3) is 0.263. The minimum atomic E-state index is 0.0490. The predicted octanol–water partition coefficient (Wildman–Crippen LogP) is 4.80. The van der Waals surface area contributed by atoms with Gasteiger partial charge in [0.15, 0.2) is 10.8 Å². The standard InChI is InChI=1S/C19H20O2S/c1-2-21-19(22)14-17(15-9-5-3-6-10-15)13-18(20)16-11-7-4-8-12-16/h3-12,17H,2,13-14H2,1H3. The fourth-order valence-electron chi connectivity index (χ4n) is 2.42. The average molecular weight is 312 g/mol. The first kappa shape index (κ1) is 16.4. The number of ether oxygens (including phenoxy) is 1. The van der Waals surface area contributed by atoms with Crippen LogP contribution in [0.2, 0.25) is 0 Å². The highest BCUT2D eigenvalue weighted by Crippen LogP contribution is 2.26. The van der Waals surface area contributed by atoms with Crippen molar-refractivity contribution < 1.29 is 9.53 Å². The zero-order chi connectivity index (χ0) is 15.8. The molecule has 1 unspecified atom stereocenters. The van der Waals surface area contributed by atoms with Crippen LogP contribution in [-0.4, -0.2) is 17.4 Å². The van der Waals surface area contributed by atoms with Crippen LogP contribution in [0.1, 0.15) is 41.6 Å². The maximum absolute atomic E-state index is 12.5.